The first-order chi connectivity index (χ1) is 13.9. The van der Waals surface area contributed by atoms with Crippen LogP contribution < -0.4 is 10.2 Å². The molecule has 2 aromatic rings. The highest BCUT2D eigenvalue weighted by Gasteiger charge is 2.35. The Labute approximate surface area is 170 Å². The number of piperazine rings is 1. The van der Waals surface area contributed by atoms with Crippen molar-refractivity contribution < 1.29 is 9.59 Å². The molecule has 1 atom stereocenters. The van der Waals surface area contributed by atoms with Crippen LogP contribution in [0.2, 0.25) is 0 Å². The van der Waals surface area contributed by atoms with E-state index in [-0.39, 0.29) is 35.2 Å². The summed E-state index contributed by atoms with van der Waals surface area (Å²) in [4.78, 5) is 29.7. The normalized spacial score (nSPS) is 19.3. The Morgan fingerprint density at radius 3 is 2.59 bits per heavy atom. The number of hydrogen-bond acceptors (Lipinski definition) is 5. The number of aryl methyl sites for hydroxylation is 1. The van der Waals surface area contributed by atoms with Crippen molar-refractivity contribution in [3.63, 3.8) is 0 Å². The van der Waals surface area contributed by atoms with E-state index in [2.05, 4.69) is 52.6 Å². The van der Waals surface area contributed by atoms with Crippen LogP contribution in [0.25, 0.3) is 0 Å². The van der Waals surface area contributed by atoms with E-state index >= 15 is 0 Å². The second kappa shape index (κ2) is 7.50. The molecule has 1 aromatic carbocycles. The van der Waals surface area contributed by atoms with Gasteiger partial charge in [0, 0.05) is 31.9 Å². The second-order valence-electron chi connectivity index (χ2n) is 8.29. The van der Waals surface area contributed by atoms with E-state index in [4.69, 9.17) is 0 Å². The smallest absolute Gasteiger partial charge is 0.277 e. The molecule has 2 aliphatic rings. The van der Waals surface area contributed by atoms with Crippen LogP contribution in [0.4, 0.5) is 5.69 Å². The van der Waals surface area contributed by atoms with Gasteiger partial charge in [0.1, 0.15) is 0 Å². The molecule has 0 aliphatic carbocycles. The maximum atomic E-state index is 13.1. The van der Waals surface area contributed by atoms with Gasteiger partial charge in [0.05, 0.1) is 12.6 Å². The standard InChI is InChI=1S/C21H28N6O2/c1-13(2)16-12-27-19(20(28)22-16)18(23-24-27)21(29)26-10-8-25(9-11-26)17-7-5-6-14(3)15(17)4/h5-7,13,16H,8-12H2,1-4H3,(H,22,28). The molecule has 1 saturated heterocycles. The van der Waals surface area contributed by atoms with Crippen LogP contribution >= 0.6 is 0 Å². The minimum atomic E-state index is -0.266. The van der Waals surface area contributed by atoms with Crippen LogP contribution in [-0.4, -0.2) is 63.9 Å². The summed E-state index contributed by atoms with van der Waals surface area (Å²) in [5.74, 6) is -0.198. The fourth-order valence-corrected chi connectivity index (χ4v) is 4.03. The van der Waals surface area contributed by atoms with E-state index in [1.807, 2.05) is 13.8 Å². The highest BCUT2D eigenvalue weighted by Crippen LogP contribution is 2.24. The SMILES string of the molecule is Cc1cccc(N2CCN(C(=O)c3nnn4c3C(=O)NC(C(C)C)C4)CC2)c1C. The molecule has 8 heteroatoms. The monoisotopic (exact) mass is 396 g/mol. The Hall–Kier alpha value is -2.90. The summed E-state index contributed by atoms with van der Waals surface area (Å²) in [5.41, 5.74) is 4.20. The second-order valence-corrected chi connectivity index (χ2v) is 8.29. The number of anilines is 1. The predicted molar refractivity (Wildman–Crippen MR) is 110 cm³/mol. The van der Waals surface area contributed by atoms with Gasteiger partial charge < -0.3 is 15.1 Å². The lowest BCUT2D eigenvalue weighted by molar-refractivity contribution is 0.0730. The molecule has 154 valence electrons. The van der Waals surface area contributed by atoms with Crippen molar-refractivity contribution in [3.8, 4) is 0 Å². The third-order valence-corrected chi connectivity index (χ3v) is 6.13. The van der Waals surface area contributed by atoms with Crippen LogP contribution in [0.3, 0.4) is 0 Å². The maximum Gasteiger partial charge on any atom is 0.277 e. The molecular formula is C21H28N6O2. The van der Waals surface area contributed by atoms with E-state index in [0.29, 0.717) is 19.6 Å². The molecule has 8 nitrogen and oxygen atoms in total. The molecule has 0 bridgehead atoms. The van der Waals surface area contributed by atoms with Crippen LogP contribution in [0, 0.1) is 19.8 Å². The first-order valence-electron chi connectivity index (χ1n) is 10.2. The molecule has 4 rings (SSSR count). The van der Waals surface area contributed by atoms with E-state index in [0.717, 1.165) is 13.1 Å². The molecule has 0 saturated carbocycles. The van der Waals surface area contributed by atoms with Gasteiger partial charge in [0.15, 0.2) is 11.4 Å². The lowest BCUT2D eigenvalue weighted by Crippen LogP contribution is -2.50. The van der Waals surface area contributed by atoms with Gasteiger partial charge in [-0.2, -0.15) is 0 Å². The van der Waals surface area contributed by atoms with Gasteiger partial charge in [0.25, 0.3) is 11.8 Å². The summed E-state index contributed by atoms with van der Waals surface area (Å²) >= 11 is 0. The Morgan fingerprint density at radius 2 is 1.90 bits per heavy atom. The van der Waals surface area contributed by atoms with Crippen molar-refractivity contribution in [2.45, 2.75) is 40.3 Å². The largest absolute Gasteiger partial charge is 0.368 e. The van der Waals surface area contributed by atoms with Crippen molar-refractivity contribution in [3.05, 3.63) is 40.7 Å². The Bertz CT molecular complexity index is 943. The fourth-order valence-electron chi connectivity index (χ4n) is 4.03. The Balaban J connectivity index is 1.47. The number of aromatic nitrogens is 3. The van der Waals surface area contributed by atoms with E-state index in [1.54, 1.807) is 9.58 Å². The topological polar surface area (TPSA) is 83.4 Å². The molecule has 2 amide bonds. The van der Waals surface area contributed by atoms with Crippen LogP contribution in [0.15, 0.2) is 18.2 Å². The number of amides is 2. The molecular weight excluding hydrogens is 368 g/mol. The average molecular weight is 396 g/mol. The summed E-state index contributed by atoms with van der Waals surface area (Å²) in [5, 5.41) is 11.1. The zero-order chi connectivity index (χ0) is 20.7. The number of carbonyl (C=O) groups is 2. The van der Waals surface area contributed by atoms with E-state index in [1.165, 1.54) is 16.8 Å². The van der Waals surface area contributed by atoms with E-state index < -0.39 is 0 Å². The minimum Gasteiger partial charge on any atom is -0.368 e. The third-order valence-electron chi connectivity index (χ3n) is 6.13. The first-order valence-corrected chi connectivity index (χ1v) is 10.2. The Kier molecular flexibility index (Phi) is 5.02. The molecule has 1 N–H and O–H groups in total. The molecule has 1 aromatic heterocycles. The molecule has 1 unspecified atom stereocenters. The van der Waals surface area contributed by atoms with Crippen molar-refractivity contribution >= 4 is 17.5 Å². The van der Waals surface area contributed by atoms with Crippen LogP contribution in [-0.2, 0) is 6.54 Å². The lowest BCUT2D eigenvalue weighted by atomic mass is 10.0. The highest BCUT2D eigenvalue weighted by atomic mass is 16.2. The van der Waals surface area contributed by atoms with Gasteiger partial charge in [-0.05, 0) is 37.0 Å². The van der Waals surface area contributed by atoms with Gasteiger partial charge in [-0.1, -0.05) is 31.2 Å². The number of hydrogen-bond donors (Lipinski definition) is 1. The van der Waals surface area contributed by atoms with Crippen LogP contribution in [0.5, 0.6) is 0 Å². The number of fused-ring (bicyclic) bond motifs is 1. The quantitative estimate of drug-likeness (QED) is 0.853. The van der Waals surface area contributed by atoms with Crippen molar-refractivity contribution in [2.24, 2.45) is 5.92 Å². The number of carbonyl (C=O) groups excluding carboxylic acids is 2. The van der Waals surface area contributed by atoms with Gasteiger partial charge in [-0.25, -0.2) is 4.68 Å². The summed E-state index contributed by atoms with van der Waals surface area (Å²) in [6.45, 7) is 11.6. The molecule has 1 fully saturated rings. The number of nitrogens with zero attached hydrogens (tertiary/aromatic N) is 5. The lowest BCUT2D eigenvalue weighted by Gasteiger charge is -2.37. The third kappa shape index (κ3) is 3.47. The number of benzene rings is 1. The molecule has 0 spiro atoms. The Morgan fingerprint density at radius 1 is 1.17 bits per heavy atom. The molecule has 29 heavy (non-hydrogen) atoms. The summed E-state index contributed by atoms with van der Waals surface area (Å²) in [6.07, 6.45) is 0. The first kappa shape index (κ1) is 19.4. The number of nitrogens with one attached hydrogen (secondary N) is 1. The van der Waals surface area contributed by atoms with Crippen molar-refractivity contribution in [1.29, 1.82) is 0 Å². The summed E-state index contributed by atoms with van der Waals surface area (Å²) in [6, 6.07) is 6.31. The van der Waals surface area contributed by atoms with Crippen molar-refractivity contribution in [2.75, 3.05) is 31.1 Å². The summed E-state index contributed by atoms with van der Waals surface area (Å²) in [7, 11) is 0. The fraction of sp³-hybridized carbons (Fsp3) is 0.524. The zero-order valence-corrected chi connectivity index (χ0v) is 17.5. The average Bonchev–Trinajstić information content (AvgIpc) is 3.14. The number of rotatable bonds is 3. The van der Waals surface area contributed by atoms with Crippen LogP contribution in [0.1, 0.15) is 46.0 Å². The van der Waals surface area contributed by atoms with E-state index in [9.17, 15) is 9.59 Å². The zero-order valence-electron chi connectivity index (χ0n) is 17.5. The molecule has 3 heterocycles. The maximum absolute atomic E-state index is 13.1. The molecule has 2 aliphatic heterocycles. The summed E-state index contributed by atoms with van der Waals surface area (Å²) < 4.78 is 1.57. The van der Waals surface area contributed by atoms with Crippen molar-refractivity contribution in [1.82, 2.24) is 25.2 Å². The highest BCUT2D eigenvalue weighted by molar-refractivity contribution is 6.05. The van der Waals surface area contributed by atoms with Gasteiger partial charge >= 0.3 is 0 Å². The van der Waals surface area contributed by atoms with Gasteiger partial charge in [-0.3, -0.25) is 9.59 Å². The van der Waals surface area contributed by atoms with Gasteiger partial charge in [0.2, 0.25) is 0 Å². The predicted octanol–water partition coefficient (Wildman–Crippen LogP) is 1.63. The minimum absolute atomic E-state index is 0.000709. The van der Waals surface area contributed by atoms with Gasteiger partial charge in [-0.15, -0.1) is 5.10 Å². The molecule has 0 radical (unpaired) electrons.